The third-order valence-corrected chi connectivity index (χ3v) is 2.91. The SMILES string of the molecule is Cc1ccc(C#CCOC2CCCCO2)c(N)c1. The van der Waals surface area contributed by atoms with Gasteiger partial charge in [0, 0.05) is 17.9 Å². The van der Waals surface area contributed by atoms with Gasteiger partial charge in [0.05, 0.1) is 0 Å². The van der Waals surface area contributed by atoms with Gasteiger partial charge in [0.25, 0.3) is 0 Å². The van der Waals surface area contributed by atoms with Crippen molar-refractivity contribution >= 4 is 5.69 Å². The lowest BCUT2D eigenvalue weighted by Crippen LogP contribution is -2.22. The normalized spacial score (nSPS) is 19.1. The molecular formula is C15H19NO2. The molecule has 1 aromatic carbocycles. The van der Waals surface area contributed by atoms with Crippen LogP contribution in [0.2, 0.25) is 0 Å². The smallest absolute Gasteiger partial charge is 0.158 e. The summed E-state index contributed by atoms with van der Waals surface area (Å²) < 4.78 is 11.0. The van der Waals surface area contributed by atoms with Crippen molar-refractivity contribution < 1.29 is 9.47 Å². The van der Waals surface area contributed by atoms with Gasteiger partial charge in [-0.2, -0.15) is 0 Å². The molecule has 0 radical (unpaired) electrons. The van der Waals surface area contributed by atoms with Gasteiger partial charge in [-0.3, -0.25) is 0 Å². The second-order valence-electron chi connectivity index (χ2n) is 4.50. The molecule has 1 aliphatic rings. The molecule has 3 nitrogen and oxygen atoms in total. The van der Waals surface area contributed by atoms with E-state index in [0.717, 1.165) is 36.3 Å². The predicted molar refractivity (Wildman–Crippen MR) is 72.0 cm³/mol. The molecule has 0 spiro atoms. The Morgan fingerprint density at radius 1 is 1.44 bits per heavy atom. The Morgan fingerprint density at radius 2 is 2.33 bits per heavy atom. The molecule has 0 aliphatic carbocycles. The van der Waals surface area contributed by atoms with Crippen LogP contribution in [0.3, 0.4) is 0 Å². The fourth-order valence-corrected chi connectivity index (χ4v) is 1.90. The van der Waals surface area contributed by atoms with Gasteiger partial charge in [-0.05, 0) is 43.9 Å². The van der Waals surface area contributed by atoms with Crippen molar-refractivity contribution in [2.45, 2.75) is 32.5 Å². The van der Waals surface area contributed by atoms with Crippen LogP contribution in [0.1, 0.15) is 30.4 Å². The molecule has 1 atom stereocenters. The standard InChI is InChI=1S/C15H19NO2/c1-12-7-8-13(14(16)11-12)5-4-10-18-15-6-2-3-9-17-15/h7-8,11,15H,2-3,6,9-10,16H2,1H3. The Morgan fingerprint density at radius 3 is 3.06 bits per heavy atom. The summed E-state index contributed by atoms with van der Waals surface area (Å²) >= 11 is 0. The largest absolute Gasteiger partial charge is 0.398 e. The van der Waals surface area contributed by atoms with Gasteiger partial charge in [0.15, 0.2) is 6.29 Å². The molecule has 0 amide bonds. The van der Waals surface area contributed by atoms with E-state index in [2.05, 4.69) is 11.8 Å². The lowest BCUT2D eigenvalue weighted by molar-refractivity contribution is -0.154. The fraction of sp³-hybridized carbons (Fsp3) is 0.467. The van der Waals surface area contributed by atoms with Crippen LogP contribution in [-0.4, -0.2) is 19.5 Å². The molecule has 3 heteroatoms. The summed E-state index contributed by atoms with van der Waals surface area (Å²) in [5, 5.41) is 0. The maximum atomic E-state index is 5.88. The Bertz CT molecular complexity index is 453. The molecule has 0 bridgehead atoms. The van der Waals surface area contributed by atoms with Gasteiger partial charge in [0.2, 0.25) is 0 Å². The number of nitrogen functional groups attached to an aromatic ring is 1. The van der Waals surface area contributed by atoms with E-state index in [0.29, 0.717) is 6.61 Å². The fourth-order valence-electron chi connectivity index (χ4n) is 1.90. The number of hydrogen-bond acceptors (Lipinski definition) is 3. The molecule has 18 heavy (non-hydrogen) atoms. The second-order valence-corrected chi connectivity index (χ2v) is 4.50. The van der Waals surface area contributed by atoms with E-state index < -0.39 is 0 Å². The van der Waals surface area contributed by atoms with Crippen molar-refractivity contribution in [3.05, 3.63) is 29.3 Å². The molecule has 1 heterocycles. The molecule has 1 aliphatic heterocycles. The van der Waals surface area contributed by atoms with Crippen molar-refractivity contribution in [3.8, 4) is 11.8 Å². The highest BCUT2D eigenvalue weighted by Crippen LogP contribution is 2.14. The molecule has 1 saturated heterocycles. The van der Waals surface area contributed by atoms with Gasteiger partial charge in [-0.25, -0.2) is 0 Å². The third kappa shape index (κ3) is 3.76. The average Bonchev–Trinajstić information content (AvgIpc) is 2.38. The zero-order valence-electron chi connectivity index (χ0n) is 10.7. The Labute approximate surface area is 108 Å². The van der Waals surface area contributed by atoms with E-state index in [1.165, 1.54) is 6.42 Å². The maximum Gasteiger partial charge on any atom is 0.158 e. The number of rotatable bonds is 2. The van der Waals surface area contributed by atoms with Crippen LogP contribution in [0.25, 0.3) is 0 Å². The monoisotopic (exact) mass is 245 g/mol. The molecule has 2 N–H and O–H groups in total. The predicted octanol–water partition coefficient (Wildman–Crippen LogP) is 2.47. The van der Waals surface area contributed by atoms with Crippen LogP contribution in [0.15, 0.2) is 18.2 Å². The first-order valence-corrected chi connectivity index (χ1v) is 6.34. The summed E-state index contributed by atoms with van der Waals surface area (Å²) in [6, 6.07) is 5.87. The summed E-state index contributed by atoms with van der Waals surface area (Å²) in [6.07, 6.45) is 3.19. The second kappa shape index (κ2) is 6.44. The van der Waals surface area contributed by atoms with E-state index in [1.54, 1.807) is 0 Å². The molecule has 96 valence electrons. The van der Waals surface area contributed by atoms with E-state index in [9.17, 15) is 0 Å². The topological polar surface area (TPSA) is 44.5 Å². The van der Waals surface area contributed by atoms with Crippen LogP contribution in [-0.2, 0) is 9.47 Å². The van der Waals surface area contributed by atoms with Crippen molar-refractivity contribution in [3.63, 3.8) is 0 Å². The summed E-state index contributed by atoms with van der Waals surface area (Å²) in [6.45, 7) is 3.19. The molecule has 1 fully saturated rings. The third-order valence-electron chi connectivity index (χ3n) is 2.91. The number of ether oxygens (including phenoxy) is 2. The lowest BCUT2D eigenvalue weighted by atomic mass is 10.1. The molecule has 0 aromatic heterocycles. The van der Waals surface area contributed by atoms with E-state index in [-0.39, 0.29) is 6.29 Å². The van der Waals surface area contributed by atoms with E-state index in [4.69, 9.17) is 15.2 Å². The van der Waals surface area contributed by atoms with Crippen molar-refractivity contribution in [2.75, 3.05) is 18.9 Å². The van der Waals surface area contributed by atoms with Crippen LogP contribution in [0.5, 0.6) is 0 Å². The number of nitrogens with two attached hydrogens (primary N) is 1. The van der Waals surface area contributed by atoms with E-state index >= 15 is 0 Å². The summed E-state index contributed by atoms with van der Waals surface area (Å²) in [5.41, 5.74) is 8.60. The Kier molecular flexibility index (Phi) is 4.63. The summed E-state index contributed by atoms with van der Waals surface area (Å²) in [4.78, 5) is 0. The number of aryl methyl sites for hydroxylation is 1. The van der Waals surface area contributed by atoms with Crippen molar-refractivity contribution in [1.29, 1.82) is 0 Å². The highest BCUT2D eigenvalue weighted by atomic mass is 16.7. The first-order chi connectivity index (χ1) is 8.75. The highest BCUT2D eigenvalue weighted by molar-refractivity contribution is 5.57. The minimum absolute atomic E-state index is 0.0802. The van der Waals surface area contributed by atoms with Gasteiger partial charge in [-0.15, -0.1) is 0 Å². The quantitative estimate of drug-likeness (QED) is 0.643. The first kappa shape index (κ1) is 12.9. The minimum Gasteiger partial charge on any atom is -0.398 e. The van der Waals surface area contributed by atoms with Gasteiger partial charge < -0.3 is 15.2 Å². The Hall–Kier alpha value is -1.50. The van der Waals surface area contributed by atoms with Crippen LogP contribution in [0.4, 0.5) is 5.69 Å². The summed E-state index contributed by atoms with van der Waals surface area (Å²) in [7, 11) is 0. The van der Waals surface area contributed by atoms with Crippen LogP contribution >= 0.6 is 0 Å². The van der Waals surface area contributed by atoms with Gasteiger partial charge in [0.1, 0.15) is 6.61 Å². The van der Waals surface area contributed by atoms with E-state index in [1.807, 2.05) is 25.1 Å². The molecule has 1 unspecified atom stereocenters. The Balaban J connectivity index is 1.84. The molecular weight excluding hydrogens is 226 g/mol. The summed E-state index contributed by atoms with van der Waals surface area (Å²) in [5.74, 6) is 6.00. The lowest BCUT2D eigenvalue weighted by Gasteiger charge is -2.21. The van der Waals surface area contributed by atoms with Crippen molar-refractivity contribution in [1.82, 2.24) is 0 Å². The number of anilines is 1. The van der Waals surface area contributed by atoms with Gasteiger partial charge >= 0.3 is 0 Å². The number of benzene rings is 1. The van der Waals surface area contributed by atoms with Crippen molar-refractivity contribution in [2.24, 2.45) is 0 Å². The van der Waals surface area contributed by atoms with Crippen LogP contribution in [0, 0.1) is 18.8 Å². The number of hydrogen-bond donors (Lipinski definition) is 1. The molecule has 0 saturated carbocycles. The first-order valence-electron chi connectivity index (χ1n) is 6.34. The van der Waals surface area contributed by atoms with Gasteiger partial charge in [-0.1, -0.05) is 17.9 Å². The molecule has 1 aromatic rings. The average molecular weight is 245 g/mol. The molecule has 2 rings (SSSR count). The highest BCUT2D eigenvalue weighted by Gasteiger charge is 2.12. The maximum absolute atomic E-state index is 5.88. The zero-order chi connectivity index (χ0) is 12.8. The zero-order valence-corrected chi connectivity index (χ0v) is 10.7. The minimum atomic E-state index is -0.0802. The van der Waals surface area contributed by atoms with Crippen LogP contribution < -0.4 is 5.73 Å².